The molecule has 4 heteroatoms. The Labute approximate surface area is 123 Å². The summed E-state index contributed by atoms with van der Waals surface area (Å²) in [4.78, 5) is 15.3. The van der Waals surface area contributed by atoms with Crippen molar-refractivity contribution < 1.29 is 9.90 Å². The third kappa shape index (κ3) is 4.10. The second-order valence-corrected chi connectivity index (χ2v) is 6.04. The van der Waals surface area contributed by atoms with Crippen molar-refractivity contribution in [3.8, 4) is 0 Å². The summed E-state index contributed by atoms with van der Waals surface area (Å²) in [5, 5.41) is 10.1. The van der Waals surface area contributed by atoms with E-state index in [1.54, 1.807) is 18.3 Å². The minimum absolute atomic E-state index is 0.282. The normalized spacial score (nSPS) is 12.1. The molecule has 1 atom stereocenters. The summed E-state index contributed by atoms with van der Waals surface area (Å²) in [5.74, 6) is -0.921. The molecule has 104 valence electrons. The fraction of sp³-hybridized carbons (Fsp3) is 0.250. The van der Waals surface area contributed by atoms with Gasteiger partial charge in [-0.25, -0.2) is 9.78 Å². The van der Waals surface area contributed by atoms with Crippen LogP contribution in [0.15, 0.2) is 53.7 Å². The van der Waals surface area contributed by atoms with Crippen LogP contribution in [0.3, 0.4) is 0 Å². The number of aromatic nitrogens is 1. The van der Waals surface area contributed by atoms with Gasteiger partial charge in [0.2, 0.25) is 0 Å². The maximum Gasteiger partial charge on any atom is 0.338 e. The van der Waals surface area contributed by atoms with Crippen molar-refractivity contribution in [1.82, 2.24) is 4.98 Å². The summed E-state index contributed by atoms with van der Waals surface area (Å²) >= 11 is 1.53. The summed E-state index contributed by atoms with van der Waals surface area (Å²) in [7, 11) is 0. The SMILES string of the molecule is CC(CCc1ccccc1)Sc1ncccc1C(=O)O. The maximum absolute atomic E-state index is 11.1. The molecule has 20 heavy (non-hydrogen) atoms. The third-order valence-corrected chi connectivity index (χ3v) is 4.18. The van der Waals surface area contributed by atoms with E-state index in [4.69, 9.17) is 5.11 Å². The van der Waals surface area contributed by atoms with Crippen LogP contribution in [0.25, 0.3) is 0 Å². The van der Waals surface area contributed by atoms with Gasteiger partial charge in [-0.2, -0.15) is 0 Å². The highest BCUT2D eigenvalue weighted by Crippen LogP contribution is 2.27. The van der Waals surface area contributed by atoms with Gasteiger partial charge in [0.25, 0.3) is 0 Å². The van der Waals surface area contributed by atoms with Gasteiger partial charge in [0.15, 0.2) is 0 Å². The van der Waals surface area contributed by atoms with E-state index in [1.165, 1.54) is 17.3 Å². The summed E-state index contributed by atoms with van der Waals surface area (Å²) in [6, 6.07) is 13.6. The number of benzene rings is 1. The monoisotopic (exact) mass is 287 g/mol. The molecule has 3 nitrogen and oxygen atoms in total. The lowest BCUT2D eigenvalue weighted by Crippen LogP contribution is -2.04. The molecule has 0 bridgehead atoms. The highest BCUT2D eigenvalue weighted by Gasteiger charge is 2.14. The van der Waals surface area contributed by atoms with Gasteiger partial charge in [-0.3, -0.25) is 0 Å². The van der Waals surface area contributed by atoms with Crippen LogP contribution in [0.1, 0.15) is 29.3 Å². The molecule has 0 radical (unpaired) electrons. The Bertz CT molecular complexity index is 572. The Morgan fingerprint density at radius 1 is 1.25 bits per heavy atom. The van der Waals surface area contributed by atoms with Crippen molar-refractivity contribution >= 4 is 17.7 Å². The molecular formula is C16H17NO2S. The molecule has 1 heterocycles. The molecule has 2 rings (SSSR count). The van der Waals surface area contributed by atoms with Crippen molar-refractivity contribution in [2.24, 2.45) is 0 Å². The van der Waals surface area contributed by atoms with Crippen LogP contribution in [0.4, 0.5) is 0 Å². The number of aromatic carboxylic acids is 1. The average molecular weight is 287 g/mol. The predicted octanol–water partition coefficient (Wildman–Crippen LogP) is 3.89. The molecule has 0 aliphatic carbocycles. The highest BCUT2D eigenvalue weighted by molar-refractivity contribution is 7.99. The Hall–Kier alpha value is -1.81. The van der Waals surface area contributed by atoms with E-state index in [0.29, 0.717) is 10.3 Å². The second kappa shape index (κ2) is 7.10. The Balaban J connectivity index is 1.95. The average Bonchev–Trinajstić information content (AvgIpc) is 2.46. The van der Waals surface area contributed by atoms with Gasteiger partial charge in [-0.15, -0.1) is 11.8 Å². The second-order valence-electron chi connectivity index (χ2n) is 4.61. The van der Waals surface area contributed by atoms with Gasteiger partial charge in [0.1, 0.15) is 5.03 Å². The number of hydrogen-bond acceptors (Lipinski definition) is 3. The topological polar surface area (TPSA) is 50.2 Å². The van der Waals surface area contributed by atoms with Crippen LogP contribution in [-0.2, 0) is 6.42 Å². The molecule has 0 saturated heterocycles. The molecule has 0 aliphatic heterocycles. The van der Waals surface area contributed by atoms with E-state index < -0.39 is 5.97 Å². The lowest BCUT2D eigenvalue weighted by molar-refractivity contribution is 0.0692. The molecule has 1 aromatic heterocycles. The molecule has 0 amide bonds. The van der Waals surface area contributed by atoms with Gasteiger partial charge in [0, 0.05) is 11.4 Å². The first-order chi connectivity index (χ1) is 9.66. The number of carbonyl (C=O) groups is 1. The summed E-state index contributed by atoms with van der Waals surface area (Å²) in [5.41, 5.74) is 1.59. The first-order valence-electron chi connectivity index (χ1n) is 6.55. The van der Waals surface area contributed by atoms with Crippen LogP contribution in [-0.4, -0.2) is 21.3 Å². The Morgan fingerprint density at radius 3 is 2.70 bits per heavy atom. The zero-order valence-corrected chi connectivity index (χ0v) is 12.1. The number of nitrogens with zero attached hydrogens (tertiary/aromatic N) is 1. The zero-order chi connectivity index (χ0) is 14.4. The van der Waals surface area contributed by atoms with E-state index in [2.05, 4.69) is 24.0 Å². The predicted molar refractivity (Wildman–Crippen MR) is 81.3 cm³/mol. The van der Waals surface area contributed by atoms with E-state index in [9.17, 15) is 4.79 Å². The van der Waals surface area contributed by atoms with Crippen LogP contribution in [0, 0.1) is 0 Å². The molecule has 0 spiro atoms. The number of thioether (sulfide) groups is 1. The largest absolute Gasteiger partial charge is 0.478 e. The van der Waals surface area contributed by atoms with Gasteiger partial charge in [0.05, 0.1) is 5.56 Å². The maximum atomic E-state index is 11.1. The first kappa shape index (κ1) is 14.6. The molecule has 1 unspecified atom stereocenters. The number of aryl methyl sites for hydroxylation is 1. The third-order valence-electron chi connectivity index (χ3n) is 3.00. The minimum Gasteiger partial charge on any atom is -0.478 e. The van der Waals surface area contributed by atoms with Crippen molar-refractivity contribution in [3.63, 3.8) is 0 Å². The van der Waals surface area contributed by atoms with E-state index in [-0.39, 0.29) is 5.56 Å². The number of hydrogen-bond donors (Lipinski definition) is 1. The fourth-order valence-corrected chi connectivity index (χ4v) is 2.93. The smallest absolute Gasteiger partial charge is 0.338 e. The number of carboxylic acids is 1. The van der Waals surface area contributed by atoms with Crippen LogP contribution in [0.5, 0.6) is 0 Å². The quantitative estimate of drug-likeness (QED) is 0.819. The first-order valence-corrected chi connectivity index (χ1v) is 7.43. The van der Waals surface area contributed by atoms with Gasteiger partial charge in [-0.1, -0.05) is 37.3 Å². The van der Waals surface area contributed by atoms with E-state index in [0.717, 1.165) is 12.8 Å². The van der Waals surface area contributed by atoms with Gasteiger partial charge >= 0.3 is 5.97 Å². The van der Waals surface area contributed by atoms with Crippen molar-refractivity contribution in [1.29, 1.82) is 0 Å². The van der Waals surface area contributed by atoms with Crippen molar-refractivity contribution in [3.05, 3.63) is 59.8 Å². The summed E-state index contributed by atoms with van der Waals surface area (Å²) in [6.45, 7) is 2.11. The molecular weight excluding hydrogens is 270 g/mol. The summed E-state index contributed by atoms with van der Waals surface area (Å²) < 4.78 is 0. The van der Waals surface area contributed by atoms with Gasteiger partial charge in [-0.05, 0) is 30.5 Å². The van der Waals surface area contributed by atoms with Crippen molar-refractivity contribution in [2.45, 2.75) is 30.0 Å². The molecule has 1 N–H and O–H groups in total. The molecule has 1 aromatic carbocycles. The fourth-order valence-electron chi connectivity index (χ4n) is 1.91. The number of rotatable bonds is 6. The van der Waals surface area contributed by atoms with Crippen LogP contribution in [0.2, 0.25) is 0 Å². The highest BCUT2D eigenvalue weighted by atomic mass is 32.2. The van der Waals surface area contributed by atoms with Crippen LogP contribution >= 0.6 is 11.8 Å². The lowest BCUT2D eigenvalue weighted by Gasteiger charge is -2.12. The molecule has 0 aliphatic rings. The standard InChI is InChI=1S/C16H17NO2S/c1-12(9-10-13-6-3-2-4-7-13)20-15-14(16(18)19)8-5-11-17-15/h2-8,11-12H,9-10H2,1H3,(H,18,19). The van der Waals surface area contributed by atoms with Crippen molar-refractivity contribution in [2.75, 3.05) is 0 Å². The Morgan fingerprint density at radius 2 is 2.00 bits per heavy atom. The molecule has 2 aromatic rings. The number of pyridine rings is 1. The number of carboxylic acid groups (broad SMARTS) is 1. The lowest BCUT2D eigenvalue weighted by atomic mass is 10.1. The molecule has 0 fully saturated rings. The Kier molecular flexibility index (Phi) is 5.18. The van der Waals surface area contributed by atoms with Crippen LogP contribution < -0.4 is 0 Å². The van der Waals surface area contributed by atoms with Gasteiger partial charge < -0.3 is 5.11 Å². The summed E-state index contributed by atoms with van der Waals surface area (Å²) in [6.07, 6.45) is 3.62. The van der Waals surface area contributed by atoms with E-state index >= 15 is 0 Å². The van der Waals surface area contributed by atoms with E-state index in [1.807, 2.05) is 18.2 Å². The minimum atomic E-state index is -0.921. The molecule has 0 saturated carbocycles. The zero-order valence-electron chi connectivity index (χ0n) is 11.3.